The van der Waals surface area contributed by atoms with Crippen LogP contribution in [0.5, 0.6) is 0 Å². The highest BCUT2D eigenvalue weighted by Gasteiger charge is 2.28. The Balaban J connectivity index is 2.26. The van der Waals surface area contributed by atoms with E-state index in [4.69, 9.17) is 0 Å². The van der Waals surface area contributed by atoms with Crippen LogP contribution >= 0.6 is 0 Å². The van der Waals surface area contributed by atoms with E-state index in [2.05, 4.69) is 13.8 Å². The molecular formula is C10H19NO2. The number of hydrogen-bond acceptors (Lipinski definition) is 2. The molecule has 3 heteroatoms. The largest absolute Gasteiger partial charge is 0.264 e. The summed E-state index contributed by atoms with van der Waals surface area (Å²) in [5.41, 5.74) is 0. The molecule has 0 N–H and O–H groups in total. The van der Waals surface area contributed by atoms with Crippen LogP contribution in [-0.4, -0.2) is 11.0 Å². The molecule has 1 saturated carbocycles. The molecule has 0 heterocycles. The summed E-state index contributed by atoms with van der Waals surface area (Å²) in [7, 11) is 0. The summed E-state index contributed by atoms with van der Waals surface area (Å²) >= 11 is 0. The molecule has 0 aromatic carbocycles. The van der Waals surface area contributed by atoms with E-state index in [-0.39, 0.29) is 11.0 Å². The van der Waals surface area contributed by atoms with Crippen LogP contribution in [0.25, 0.3) is 0 Å². The zero-order chi connectivity index (χ0) is 9.84. The van der Waals surface area contributed by atoms with E-state index in [9.17, 15) is 10.1 Å². The fraction of sp³-hybridized carbons (Fsp3) is 1.00. The fourth-order valence-electron chi connectivity index (χ4n) is 2.26. The lowest BCUT2D eigenvalue weighted by atomic mass is 9.82. The molecule has 76 valence electrons. The van der Waals surface area contributed by atoms with E-state index in [0.29, 0.717) is 0 Å². The molecule has 1 aliphatic carbocycles. The third-order valence-electron chi connectivity index (χ3n) is 2.92. The van der Waals surface area contributed by atoms with Gasteiger partial charge >= 0.3 is 0 Å². The Hall–Kier alpha value is -0.600. The van der Waals surface area contributed by atoms with Crippen molar-refractivity contribution < 1.29 is 4.92 Å². The van der Waals surface area contributed by atoms with Gasteiger partial charge in [0.15, 0.2) is 0 Å². The first kappa shape index (κ1) is 10.5. The summed E-state index contributed by atoms with van der Waals surface area (Å²) in [5, 5.41) is 10.5. The molecule has 0 bridgehead atoms. The Morgan fingerprint density at radius 2 is 1.85 bits per heavy atom. The molecular weight excluding hydrogens is 166 g/mol. The van der Waals surface area contributed by atoms with Gasteiger partial charge in [-0.15, -0.1) is 0 Å². The topological polar surface area (TPSA) is 43.1 Å². The normalized spacial score (nSPS) is 29.2. The minimum atomic E-state index is -0.247. The van der Waals surface area contributed by atoms with Crippen molar-refractivity contribution in [3.63, 3.8) is 0 Å². The van der Waals surface area contributed by atoms with Crippen molar-refractivity contribution in [2.75, 3.05) is 0 Å². The summed E-state index contributed by atoms with van der Waals surface area (Å²) in [6.45, 7) is 4.44. The average Bonchev–Trinajstić information content (AvgIpc) is 2.04. The van der Waals surface area contributed by atoms with E-state index < -0.39 is 0 Å². The summed E-state index contributed by atoms with van der Waals surface area (Å²) < 4.78 is 0. The van der Waals surface area contributed by atoms with Crippen molar-refractivity contribution in [3.05, 3.63) is 10.1 Å². The quantitative estimate of drug-likeness (QED) is 0.501. The Kier molecular flexibility index (Phi) is 3.70. The highest BCUT2D eigenvalue weighted by molar-refractivity contribution is 4.72. The maximum absolute atomic E-state index is 10.5. The summed E-state index contributed by atoms with van der Waals surface area (Å²) in [4.78, 5) is 10.4. The van der Waals surface area contributed by atoms with E-state index in [1.165, 1.54) is 6.42 Å². The van der Waals surface area contributed by atoms with E-state index in [1.807, 2.05) is 0 Å². The Labute approximate surface area is 79.7 Å². The van der Waals surface area contributed by atoms with Gasteiger partial charge in [-0.2, -0.15) is 0 Å². The molecule has 0 radical (unpaired) electrons. The zero-order valence-corrected chi connectivity index (χ0v) is 8.53. The second-order valence-electron chi connectivity index (χ2n) is 4.59. The first-order chi connectivity index (χ1) is 6.09. The molecule has 0 aliphatic heterocycles. The zero-order valence-electron chi connectivity index (χ0n) is 8.53. The van der Waals surface area contributed by atoms with Crippen molar-refractivity contribution >= 4 is 0 Å². The summed E-state index contributed by atoms with van der Waals surface area (Å²) in [5.74, 6) is 1.48. The molecule has 0 amide bonds. The van der Waals surface area contributed by atoms with Gasteiger partial charge < -0.3 is 0 Å². The molecule has 0 aromatic rings. The highest BCUT2D eigenvalue weighted by Crippen LogP contribution is 2.30. The predicted octanol–water partition coefficient (Wildman–Crippen LogP) is 2.87. The Morgan fingerprint density at radius 3 is 2.23 bits per heavy atom. The lowest BCUT2D eigenvalue weighted by molar-refractivity contribution is -0.527. The van der Waals surface area contributed by atoms with Crippen LogP contribution in [0.2, 0.25) is 0 Å². The van der Waals surface area contributed by atoms with Gasteiger partial charge in [-0.05, 0) is 31.1 Å². The molecule has 0 spiro atoms. The maximum Gasteiger partial charge on any atom is 0.213 e. The van der Waals surface area contributed by atoms with Crippen LogP contribution in [0.1, 0.15) is 46.0 Å². The molecule has 0 saturated heterocycles. The van der Waals surface area contributed by atoms with Crippen LogP contribution in [0, 0.1) is 22.0 Å². The van der Waals surface area contributed by atoms with Crippen molar-refractivity contribution in [1.82, 2.24) is 0 Å². The van der Waals surface area contributed by atoms with Gasteiger partial charge in [0.2, 0.25) is 6.04 Å². The van der Waals surface area contributed by atoms with Crippen LogP contribution in [0.4, 0.5) is 0 Å². The van der Waals surface area contributed by atoms with Gasteiger partial charge in [0.05, 0.1) is 0 Å². The first-order valence-electron chi connectivity index (χ1n) is 5.23. The Morgan fingerprint density at radius 1 is 1.31 bits per heavy atom. The smallest absolute Gasteiger partial charge is 0.213 e. The SMILES string of the molecule is CC(C)CC1CCC([N+](=O)[O-])CC1. The highest BCUT2D eigenvalue weighted by atomic mass is 16.6. The molecule has 0 aromatic heterocycles. The van der Waals surface area contributed by atoms with Crippen molar-refractivity contribution in [1.29, 1.82) is 0 Å². The molecule has 1 aliphatic rings. The van der Waals surface area contributed by atoms with E-state index in [0.717, 1.165) is 37.5 Å². The minimum Gasteiger partial charge on any atom is -0.264 e. The van der Waals surface area contributed by atoms with Crippen LogP contribution < -0.4 is 0 Å². The van der Waals surface area contributed by atoms with Gasteiger partial charge in [0.1, 0.15) is 0 Å². The van der Waals surface area contributed by atoms with Gasteiger partial charge in [-0.3, -0.25) is 10.1 Å². The fourth-order valence-corrected chi connectivity index (χ4v) is 2.26. The molecule has 1 rings (SSSR count). The van der Waals surface area contributed by atoms with Gasteiger partial charge in [-0.25, -0.2) is 0 Å². The Bertz CT molecular complexity index is 172. The number of rotatable bonds is 3. The lowest BCUT2D eigenvalue weighted by Gasteiger charge is -2.25. The monoisotopic (exact) mass is 185 g/mol. The van der Waals surface area contributed by atoms with Gasteiger partial charge in [-0.1, -0.05) is 13.8 Å². The average molecular weight is 185 g/mol. The number of nitro groups is 1. The second-order valence-corrected chi connectivity index (χ2v) is 4.59. The number of hydrogen-bond donors (Lipinski definition) is 0. The second kappa shape index (κ2) is 4.58. The molecule has 0 unspecified atom stereocenters. The lowest BCUT2D eigenvalue weighted by Crippen LogP contribution is -2.26. The molecule has 3 nitrogen and oxygen atoms in total. The van der Waals surface area contributed by atoms with Gasteiger partial charge in [0.25, 0.3) is 0 Å². The van der Waals surface area contributed by atoms with Crippen LogP contribution in [-0.2, 0) is 0 Å². The van der Waals surface area contributed by atoms with Crippen molar-refractivity contribution in [2.24, 2.45) is 11.8 Å². The van der Waals surface area contributed by atoms with Crippen molar-refractivity contribution in [3.8, 4) is 0 Å². The van der Waals surface area contributed by atoms with Gasteiger partial charge in [0, 0.05) is 17.8 Å². The third-order valence-corrected chi connectivity index (χ3v) is 2.92. The minimum absolute atomic E-state index is 0.106. The maximum atomic E-state index is 10.5. The third kappa shape index (κ3) is 3.33. The first-order valence-corrected chi connectivity index (χ1v) is 5.23. The van der Waals surface area contributed by atoms with E-state index >= 15 is 0 Å². The standard InChI is InChI=1S/C10H19NO2/c1-8(2)7-9-3-5-10(6-4-9)11(12)13/h8-10H,3-7H2,1-2H3. The molecule has 13 heavy (non-hydrogen) atoms. The summed E-state index contributed by atoms with van der Waals surface area (Å²) in [6, 6.07) is -0.247. The number of nitrogens with zero attached hydrogens (tertiary/aromatic N) is 1. The molecule has 1 fully saturated rings. The van der Waals surface area contributed by atoms with Crippen molar-refractivity contribution in [2.45, 2.75) is 52.0 Å². The predicted molar refractivity (Wildman–Crippen MR) is 52.2 cm³/mol. The van der Waals surface area contributed by atoms with Crippen LogP contribution in [0.3, 0.4) is 0 Å². The van der Waals surface area contributed by atoms with Crippen LogP contribution in [0.15, 0.2) is 0 Å². The summed E-state index contributed by atoms with van der Waals surface area (Å²) in [6.07, 6.45) is 4.95. The van der Waals surface area contributed by atoms with E-state index in [1.54, 1.807) is 0 Å². The molecule has 0 atom stereocenters.